The third kappa shape index (κ3) is 3.37. The van der Waals surface area contributed by atoms with E-state index in [1.165, 1.54) is 0 Å². The summed E-state index contributed by atoms with van der Waals surface area (Å²) >= 11 is 3.37. The number of nitrogens with one attached hydrogen (secondary N) is 1. The van der Waals surface area contributed by atoms with Crippen LogP contribution >= 0.6 is 15.9 Å². The Morgan fingerprint density at radius 2 is 1.95 bits per heavy atom. The molecule has 104 valence electrons. The molecule has 0 bridgehead atoms. The molecular weight excluding hydrogens is 320 g/mol. The van der Waals surface area contributed by atoms with Crippen molar-refractivity contribution in [3.05, 3.63) is 58.1 Å². The third-order valence-corrected chi connectivity index (χ3v) is 3.52. The maximum absolute atomic E-state index is 12.1. The van der Waals surface area contributed by atoms with Crippen molar-refractivity contribution in [3.8, 4) is 5.75 Å². The summed E-state index contributed by atoms with van der Waals surface area (Å²) in [6.07, 6.45) is 0. The highest BCUT2D eigenvalue weighted by atomic mass is 79.9. The van der Waals surface area contributed by atoms with Gasteiger partial charge >= 0.3 is 0 Å². The Morgan fingerprint density at radius 3 is 2.55 bits per heavy atom. The second kappa shape index (κ2) is 6.54. The van der Waals surface area contributed by atoms with Crippen molar-refractivity contribution < 1.29 is 9.53 Å². The fraction of sp³-hybridized carbons (Fsp3) is 0.133. The molecule has 2 rings (SSSR count). The second-order valence-corrected chi connectivity index (χ2v) is 5.06. The van der Waals surface area contributed by atoms with Crippen molar-refractivity contribution in [1.29, 1.82) is 0 Å². The number of methoxy groups -OCH3 is 1. The van der Waals surface area contributed by atoms with Crippen LogP contribution in [-0.2, 0) is 6.54 Å². The first-order valence-corrected chi connectivity index (χ1v) is 6.87. The summed E-state index contributed by atoms with van der Waals surface area (Å²) in [5.41, 5.74) is 7.79. The zero-order valence-corrected chi connectivity index (χ0v) is 12.6. The molecule has 20 heavy (non-hydrogen) atoms. The Morgan fingerprint density at radius 1 is 1.25 bits per heavy atom. The first kappa shape index (κ1) is 14.6. The molecule has 0 heterocycles. The van der Waals surface area contributed by atoms with Crippen LogP contribution in [0, 0.1) is 0 Å². The smallest absolute Gasteiger partial charge is 0.255 e. The minimum atomic E-state index is -0.169. The van der Waals surface area contributed by atoms with E-state index in [1.807, 2.05) is 18.2 Å². The number of carbonyl (C=O) groups is 1. The average molecular weight is 335 g/mol. The molecule has 0 aliphatic carbocycles. The molecular formula is C15H15BrN2O2. The zero-order chi connectivity index (χ0) is 14.5. The van der Waals surface area contributed by atoms with Crippen LogP contribution in [0.5, 0.6) is 5.75 Å². The number of carbonyl (C=O) groups excluding carboxylic acids is 1. The maximum atomic E-state index is 12.1. The predicted octanol–water partition coefficient (Wildman–Crippen LogP) is 3.17. The van der Waals surface area contributed by atoms with Gasteiger partial charge in [-0.2, -0.15) is 0 Å². The Hall–Kier alpha value is -1.85. The van der Waals surface area contributed by atoms with E-state index in [-0.39, 0.29) is 5.91 Å². The number of ether oxygens (including phenoxy) is 1. The molecule has 0 atom stereocenters. The molecule has 0 aliphatic heterocycles. The first-order chi connectivity index (χ1) is 9.63. The SMILES string of the molecule is COc1cc(NC(=O)c2ccc(CN)cc2)ccc1Br. The summed E-state index contributed by atoms with van der Waals surface area (Å²) in [5.74, 6) is 0.499. The predicted molar refractivity (Wildman–Crippen MR) is 83.0 cm³/mol. The largest absolute Gasteiger partial charge is 0.495 e. The van der Waals surface area contributed by atoms with E-state index in [1.54, 1.807) is 31.4 Å². The van der Waals surface area contributed by atoms with E-state index in [4.69, 9.17) is 10.5 Å². The molecule has 2 aromatic rings. The quantitative estimate of drug-likeness (QED) is 0.902. The fourth-order valence-corrected chi connectivity index (χ4v) is 2.14. The molecule has 2 aromatic carbocycles. The summed E-state index contributed by atoms with van der Waals surface area (Å²) in [5, 5.41) is 2.83. The van der Waals surface area contributed by atoms with Crippen molar-refractivity contribution in [2.45, 2.75) is 6.54 Å². The first-order valence-electron chi connectivity index (χ1n) is 6.08. The average Bonchev–Trinajstić information content (AvgIpc) is 2.49. The molecule has 3 N–H and O–H groups in total. The molecule has 5 heteroatoms. The van der Waals surface area contributed by atoms with E-state index in [0.29, 0.717) is 23.5 Å². The lowest BCUT2D eigenvalue weighted by molar-refractivity contribution is 0.102. The highest BCUT2D eigenvalue weighted by Crippen LogP contribution is 2.28. The van der Waals surface area contributed by atoms with E-state index in [0.717, 1.165) is 10.0 Å². The van der Waals surface area contributed by atoms with Crippen molar-refractivity contribution >= 4 is 27.5 Å². The highest BCUT2D eigenvalue weighted by Gasteiger charge is 2.08. The molecule has 0 saturated carbocycles. The topological polar surface area (TPSA) is 64.3 Å². The van der Waals surface area contributed by atoms with Gasteiger partial charge in [0, 0.05) is 23.9 Å². The Labute approximate surface area is 126 Å². The summed E-state index contributed by atoms with van der Waals surface area (Å²) in [6, 6.07) is 12.6. The van der Waals surface area contributed by atoms with Gasteiger partial charge in [0.25, 0.3) is 5.91 Å². The number of anilines is 1. The van der Waals surface area contributed by atoms with Gasteiger partial charge in [0.1, 0.15) is 5.75 Å². The number of halogens is 1. The van der Waals surface area contributed by atoms with Crippen LogP contribution in [0.15, 0.2) is 46.9 Å². The lowest BCUT2D eigenvalue weighted by atomic mass is 10.1. The van der Waals surface area contributed by atoms with Crippen LogP contribution in [0.25, 0.3) is 0 Å². The molecule has 0 spiro atoms. The number of hydrogen-bond donors (Lipinski definition) is 2. The molecule has 0 unspecified atom stereocenters. The number of nitrogens with two attached hydrogens (primary N) is 1. The van der Waals surface area contributed by atoms with Gasteiger partial charge in [0.2, 0.25) is 0 Å². The third-order valence-electron chi connectivity index (χ3n) is 2.86. The summed E-state index contributed by atoms with van der Waals surface area (Å²) < 4.78 is 6.03. The van der Waals surface area contributed by atoms with E-state index < -0.39 is 0 Å². The summed E-state index contributed by atoms with van der Waals surface area (Å²) in [6.45, 7) is 0.464. The molecule has 0 radical (unpaired) electrons. The minimum absolute atomic E-state index is 0.169. The Kier molecular flexibility index (Phi) is 4.76. The lowest BCUT2D eigenvalue weighted by Crippen LogP contribution is -2.12. The van der Waals surface area contributed by atoms with Crippen LogP contribution in [-0.4, -0.2) is 13.0 Å². The molecule has 0 fully saturated rings. The maximum Gasteiger partial charge on any atom is 0.255 e. The van der Waals surface area contributed by atoms with Gasteiger partial charge in [-0.15, -0.1) is 0 Å². The van der Waals surface area contributed by atoms with E-state index in [9.17, 15) is 4.79 Å². The van der Waals surface area contributed by atoms with Crippen LogP contribution in [0.1, 0.15) is 15.9 Å². The van der Waals surface area contributed by atoms with Crippen molar-refractivity contribution in [1.82, 2.24) is 0 Å². The molecule has 1 amide bonds. The van der Waals surface area contributed by atoms with Gasteiger partial charge in [0.05, 0.1) is 11.6 Å². The number of rotatable bonds is 4. The van der Waals surface area contributed by atoms with Gasteiger partial charge in [0.15, 0.2) is 0 Å². The van der Waals surface area contributed by atoms with Crippen molar-refractivity contribution in [3.63, 3.8) is 0 Å². The van der Waals surface area contributed by atoms with E-state index >= 15 is 0 Å². The van der Waals surface area contributed by atoms with Gasteiger partial charge < -0.3 is 15.8 Å². The molecule has 0 aromatic heterocycles. The van der Waals surface area contributed by atoms with Gasteiger partial charge in [-0.3, -0.25) is 4.79 Å². The van der Waals surface area contributed by atoms with Crippen LogP contribution < -0.4 is 15.8 Å². The summed E-state index contributed by atoms with van der Waals surface area (Å²) in [7, 11) is 1.58. The Balaban J connectivity index is 2.14. The lowest BCUT2D eigenvalue weighted by Gasteiger charge is -2.09. The van der Waals surface area contributed by atoms with Gasteiger partial charge in [-0.25, -0.2) is 0 Å². The number of amides is 1. The van der Waals surface area contributed by atoms with Crippen LogP contribution in [0.3, 0.4) is 0 Å². The molecule has 0 saturated heterocycles. The monoisotopic (exact) mass is 334 g/mol. The van der Waals surface area contributed by atoms with Crippen molar-refractivity contribution in [2.24, 2.45) is 5.73 Å². The normalized spacial score (nSPS) is 10.2. The number of benzene rings is 2. The standard InChI is InChI=1S/C15H15BrN2O2/c1-20-14-8-12(6-7-13(14)16)18-15(19)11-4-2-10(9-17)3-5-11/h2-8H,9,17H2,1H3,(H,18,19). The molecule has 4 nitrogen and oxygen atoms in total. The summed E-state index contributed by atoms with van der Waals surface area (Å²) in [4.78, 5) is 12.1. The van der Waals surface area contributed by atoms with E-state index in [2.05, 4.69) is 21.2 Å². The molecule has 0 aliphatic rings. The van der Waals surface area contributed by atoms with Gasteiger partial charge in [-0.05, 0) is 45.8 Å². The van der Waals surface area contributed by atoms with Gasteiger partial charge in [-0.1, -0.05) is 12.1 Å². The van der Waals surface area contributed by atoms with Crippen molar-refractivity contribution in [2.75, 3.05) is 12.4 Å². The Bertz CT molecular complexity index is 612. The fourth-order valence-electron chi connectivity index (χ4n) is 1.73. The zero-order valence-electron chi connectivity index (χ0n) is 11.0. The van der Waals surface area contributed by atoms with Crippen LogP contribution in [0.4, 0.5) is 5.69 Å². The second-order valence-electron chi connectivity index (χ2n) is 4.20. The van der Waals surface area contributed by atoms with Crippen LogP contribution in [0.2, 0.25) is 0 Å². The number of hydrogen-bond acceptors (Lipinski definition) is 3. The highest BCUT2D eigenvalue weighted by molar-refractivity contribution is 9.10. The minimum Gasteiger partial charge on any atom is -0.495 e.